The molecule has 0 bridgehead atoms. The number of rotatable bonds is 12. The van der Waals surface area contributed by atoms with Crippen LogP contribution in [0.2, 0.25) is 0 Å². The van der Waals surface area contributed by atoms with Gasteiger partial charge in [-0.3, -0.25) is 4.79 Å². The van der Waals surface area contributed by atoms with Gasteiger partial charge in [-0.25, -0.2) is 4.68 Å². The monoisotopic (exact) mass is 583 g/mol. The van der Waals surface area contributed by atoms with Gasteiger partial charge in [0.2, 0.25) is 11.1 Å². The maximum atomic E-state index is 14.0. The summed E-state index contributed by atoms with van der Waals surface area (Å²) in [4.78, 5) is 18.7. The predicted molar refractivity (Wildman–Crippen MR) is 168 cm³/mol. The highest BCUT2D eigenvalue weighted by Gasteiger charge is 2.34. The van der Waals surface area contributed by atoms with Gasteiger partial charge in [0.25, 0.3) is 5.91 Å². The molecule has 1 aromatic heterocycles. The van der Waals surface area contributed by atoms with Crippen LogP contribution in [0.3, 0.4) is 0 Å². The molecule has 42 heavy (non-hydrogen) atoms. The lowest BCUT2D eigenvalue weighted by Gasteiger charge is -2.29. The Balaban J connectivity index is 1.46. The van der Waals surface area contributed by atoms with Crippen molar-refractivity contribution < 1.29 is 14.3 Å². The van der Waals surface area contributed by atoms with Gasteiger partial charge in [-0.2, -0.15) is 4.98 Å². The van der Waals surface area contributed by atoms with E-state index in [1.807, 2.05) is 80.6 Å². The number of hydrogen-bond acceptors (Lipinski definition) is 7. The van der Waals surface area contributed by atoms with Crippen LogP contribution in [-0.2, 0) is 10.5 Å². The van der Waals surface area contributed by atoms with Gasteiger partial charge < -0.3 is 20.1 Å². The van der Waals surface area contributed by atoms with E-state index in [-0.39, 0.29) is 5.91 Å². The number of nitrogens with zero attached hydrogens (tertiary/aromatic N) is 3. The number of hydrogen-bond donors (Lipinski definition) is 2. The van der Waals surface area contributed by atoms with Crippen LogP contribution in [-0.4, -0.2) is 33.9 Å². The molecule has 1 amide bonds. The molecule has 0 radical (unpaired) electrons. The summed E-state index contributed by atoms with van der Waals surface area (Å²) in [6, 6.07) is 25.1. The van der Waals surface area contributed by atoms with Crippen LogP contribution in [0.25, 0.3) is 0 Å². The van der Waals surface area contributed by atoms with Gasteiger partial charge in [0.05, 0.1) is 24.5 Å². The number of allylic oxidation sites excluding steroid dienone is 1. The summed E-state index contributed by atoms with van der Waals surface area (Å²) >= 11 is 1.56. The number of aromatic nitrogens is 3. The first kappa shape index (κ1) is 29.3. The molecule has 0 saturated heterocycles. The minimum Gasteiger partial charge on any atom is -0.494 e. The van der Waals surface area contributed by atoms with E-state index in [2.05, 4.69) is 36.6 Å². The normalized spacial score (nSPS) is 14.4. The van der Waals surface area contributed by atoms with Crippen molar-refractivity contribution in [3.63, 3.8) is 0 Å². The molecular formula is C33H37N5O3S. The summed E-state index contributed by atoms with van der Waals surface area (Å²) in [6.45, 7) is 9.33. The van der Waals surface area contributed by atoms with E-state index in [0.717, 1.165) is 23.5 Å². The van der Waals surface area contributed by atoms with Crippen molar-refractivity contribution in [2.24, 2.45) is 5.92 Å². The van der Waals surface area contributed by atoms with Crippen molar-refractivity contribution in [1.82, 2.24) is 14.8 Å². The number of thioether (sulfide) groups is 1. The summed E-state index contributed by atoms with van der Waals surface area (Å²) in [7, 11) is 0. The van der Waals surface area contributed by atoms with Crippen molar-refractivity contribution in [3.8, 4) is 11.5 Å². The van der Waals surface area contributed by atoms with Crippen LogP contribution >= 0.6 is 11.8 Å². The number of benzene rings is 3. The van der Waals surface area contributed by atoms with Crippen LogP contribution in [0.4, 0.5) is 11.6 Å². The maximum absolute atomic E-state index is 14.0. The first-order chi connectivity index (χ1) is 20.4. The van der Waals surface area contributed by atoms with E-state index in [9.17, 15) is 4.79 Å². The average Bonchev–Trinajstić information content (AvgIpc) is 3.39. The van der Waals surface area contributed by atoms with Crippen molar-refractivity contribution in [3.05, 3.63) is 101 Å². The molecule has 0 fully saturated rings. The van der Waals surface area contributed by atoms with E-state index in [1.54, 1.807) is 16.4 Å². The SMILES string of the molecule is CCOc1ccccc1NC(=O)C1=C(C)Nc2nc(SCc3ccccc3)nn2C1c1ccc(OCCC(C)C)cc1. The fourth-order valence-electron chi connectivity index (χ4n) is 4.72. The summed E-state index contributed by atoms with van der Waals surface area (Å²) in [5.41, 5.74) is 3.96. The molecular weight excluding hydrogens is 546 g/mol. The van der Waals surface area contributed by atoms with Gasteiger partial charge in [-0.05, 0) is 61.6 Å². The third-order valence-electron chi connectivity index (χ3n) is 6.88. The fraction of sp³-hybridized carbons (Fsp3) is 0.303. The molecule has 1 aliphatic rings. The van der Waals surface area contributed by atoms with Crippen molar-refractivity contribution in [1.29, 1.82) is 0 Å². The lowest BCUT2D eigenvalue weighted by atomic mass is 9.95. The van der Waals surface area contributed by atoms with E-state index in [4.69, 9.17) is 19.6 Å². The molecule has 0 spiro atoms. The highest BCUT2D eigenvalue weighted by atomic mass is 32.2. The standard InChI is InChI=1S/C33H37N5O3S/c1-5-40-28-14-10-9-13-27(28)35-31(39)29-23(4)34-32-36-33(42-21-24-11-7-6-8-12-24)37-38(32)30(29)25-15-17-26(18-16-25)41-20-19-22(2)3/h6-18,22,30H,5,19-21H2,1-4H3,(H,35,39)(H,34,36,37). The summed E-state index contributed by atoms with van der Waals surface area (Å²) in [5.74, 6) is 3.08. The highest BCUT2D eigenvalue weighted by Crippen LogP contribution is 2.38. The summed E-state index contributed by atoms with van der Waals surface area (Å²) in [6.07, 6.45) is 0.983. The molecule has 9 heteroatoms. The smallest absolute Gasteiger partial charge is 0.255 e. The zero-order valence-corrected chi connectivity index (χ0v) is 25.3. The number of nitrogens with one attached hydrogen (secondary N) is 2. The minimum absolute atomic E-state index is 0.242. The molecule has 1 atom stereocenters. The number of anilines is 2. The van der Waals surface area contributed by atoms with Crippen LogP contribution in [0.5, 0.6) is 11.5 Å². The third kappa shape index (κ3) is 6.97. The Morgan fingerprint density at radius 1 is 1.02 bits per heavy atom. The Kier molecular flexibility index (Phi) is 9.48. The second-order valence-corrected chi connectivity index (χ2v) is 11.4. The molecule has 0 aliphatic carbocycles. The molecule has 3 aromatic carbocycles. The van der Waals surface area contributed by atoms with E-state index < -0.39 is 6.04 Å². The van der Waals surface area contributed by atoms with Crippen LogP contribution in [0.15, 0.2) is 95.3 Å². The molecule has 2 N–H and O–H groups in total. The number of para-hydroxylation sites is 2. The molecule has 1 aliphatic heterocycles. The van der Waals surface area contributed by atoms with Crippen LogP contribution in [0, 0.1) is 5.92 Å². The van der Waals surface area contributed by atoms with E-state index in [0.29, 0.717) is 52.9 Å². The van der Waals surface area contributed by atoms with Gasteiger partial charge in [0.15, 0.2) is 0 Å². The molecule has 5 rings (SSSR count). The second kappa shape index (κ2) is 13.6. The third-order valence-corrected chi connectivity index (χ3v) is 7.79. The topological polar surface area (TPSA) is 90.3 Å². The average molecular weight is 584 g/mol. The van der Waals surface area contributed by atoms with Crippen LogP contribution < -0.4 is 20.1 Å². The first-order valence-electron chi connectivity index (χ1n) is 14.3. The number of amides is 1. The maximum Gasteiger partial charge on any atom is 0.255 e. The zero-order valence-electron chi connectivity index (χ0n) is 24.5. The van der Waals surface area contributed by atoms with E-state index >= 15 is 0 Å². The van der Waals surface area contributed by atoms with Gasteiger partial charge >= 0.3 is 0 Å². The Morgan fingerprint density at radius 2 is 1.76 bits per heavy atom. The Hall–Kier alpha value is -4.24. The van der Waals surface area contributed by atoms with Crippen molar-refractivity contribution in [2.75, 3.05) is 23.8 Å². The predicted octanol–water partition coefficient (Wildman–Crippen LogP) is 7.32. The fourth-order valence-corrected chi connectivity index (χ4v) is 5.50. The number of fused-ring (bicyclic) bond motifs is 1. The molecule has 0 saturated carbocycles. The van der Waals surface area contributed by atoms with Gasteiger partial charge in [-0.1, -0.05) is 80.2 Å². The van der Waals surface area contributed by atoms with Crippen molar-refractivity contribution in [2.45, 2.75) is 51.1 Å². The summed E-state index contributed by atoms with van der Waals surface area (Å²) in [5, 5.41) is 11.9. The highest BCUT2D eigenvalue weighted by molar-refractivity contribution is 7.98. The largest absolute Gasteiger partial charge is 0.494 e. The zero-order chi connectivity index (χ0) is 29.5. The lowest BCUT2D eigenvalue weighted by molar-refractivity contribution is -0.113. The lowest BCUT2D eigenvalue weighted by Crippen LogP contribution is -2.31. The number of ether oxygens (including phenoxy) is 2. The van der Waals surface area contributed by atoms with E-state index in [1.165, 1.54) is 5.56 Å². The summed E-state index contributed by atoms with van der Waals surface area (Å²) < 4.78 is 13.5. The molecule has 218 valence electrons. The van der Waals surface area contributed by atoms with Gasteiger partial charge in [-0.15, -0.1) is 5.10 Å². The number of carbonyl (C=O) groups is 1. The molecule has 4 aromatic rings. The first-order valence-corrected chi connectivity index (χ1v) is 15.3. The quantitative estimate of drug-likeness (QED) is 0.169. The van der Waals surface area contributed by atoms with Gasteiger partial charge in [0.1, 0.15) is 17.5 Å². The Labute approximate surface area is 251 Å². The Bertz CT molecular complexity index is 1530. The second-order valence-electron chi connectivity index (χ2n) is 10.5. The van der Waals surface area contributed by atoms with Gasteiger partial charge in [0, 0.05) is 11.4 Å². The molecule has 2 heterocycles. The Morgan fingerprint density at radius 3 is 2.50 bits per heavy atom. The number of carbonyl (C=O) groups excluding carboxylic acids is 1. The minimum atomic E-state index is -0.496. The molecule has 8 nitrogen and oxygen atoms in total. The van der Waals surface area contributed by atoms with Crippen LogP contribution in [0.1, 0.15) is 51.3 Å². The molecule has 1 unspecified atom stereocenters. The van der Waals surface area contributed by atoms with Crippen molar-refractivity contribution >= 4 is 29.3 Å².